The van der Waals surface area contributed by atoms with E-state index < -0.39 is 47.1 Å². The maximum atomic E-state index is 12.8. The highest BCUT2D eigenvalue weighted by atomic mass is 32.2. The third-order valence-electron chi connectivity index (χ3n) is 4.00. The van der Waals surface area contributed by atoms with E-state index >= 15 is 0 Å². The molecule has 1 aromatic carbocycles. The molecule has 0 radical (unpaired) electrons. The van der Waals surface area contributed by atoms with E-state index in [0.29, 0.717) is 0 Å². The molecule has 1 saturated heterocycles. The molecule has 0 bridgehead atoms. The Hall–Kier alpha value is -2.05. The SMILES string of the molecule is CN(C)N(C(=O)c1ccc(S(C)(=O)=O)c([N+](=O)[O-])c1)[C@@H]1CCS(=O)(=O)C1. The van der Waals surface area contributed by atoms with Crippen molar-refractivity contribution in [2.24, 2.45) is 0 Å². The van der Waals surface area contributed by atoms with Gasteiger partial charge in [0, 0.05) is 32.0 Å². The lowest BCUT2D eigenvalue weighted by Crippen LogP contribution is -2.49. The molecule has 0 spiro atoms. The number of benzene rings is 1. The summed E-state index contributed by atoms with van der Waals surface area (Å²) in [6, 6.07) is 2.51. The summed E-state index contributed by atoms with van der Waals surface area (Å²) < 4.78 is 46.8. The second-order valence-corrected chi connectivity index (χ2v) is 10.5. The van der Waals surface area contributed by atoms with Crippen molar-refractivity contribution in [2.75, 3.05) is 31.9 Å². The monoisotopic (exact) mass is 405 g/mol. The molecular formula is C14H19N3O7S2. The van der Waals surface area contributed by atoms with Crippen LogP contribution in [0.5, 0.6) is 0 Å². The van der Waals surface area contributed by atoms with Gasteiger partial charge >= 0.3 is 0 Å². The number of hydrazine groups is 1. The van der Waals surface area contributed by atoms with Crippen molar-refractivity contribution in [3.63, 3.8) is 0 Å². The van der Waals surface area contributed by atoms with Gasteiger partial charge in [0.2, 0.25) is 0 Å². The predicted molar refractivity (Wildman–Crippen MR) is 93.1 cm³/mol. The molecule has 12 heteroatoms. The van der Waals surface area contributed by atoms with Crippen molar-refractivity contribution in [1.29, 1.82) is 0 Å². The van der Waals surface area contributed by atoms with Gasteiger partial charge in [-0.25, -0.2) is 21.8 Å². The lowest BCUT2D eigenvalue weighted by atomic mass is 10.1. The van der Waals surface area contributed by atoms with Crippen molar-refractivity contribution in [1.82, 2.24) is 10.0 Å². The number of carbonyl (C=O) groups excluding carboxylic acids is 1. The number of nitro groups is 1. The van der Waals surface area contributed by atoms with Crippen molar-refractivity contribution in [3.05, 3.63) is 33.9 Å². The first-order chi connectivity index (χ1) is 11.8. The van der Waals surface area contributed by atoms with E-state index in [1.54, 1.807) is 14.1 Å². The molecular weight excluding hydrogens is 386 g/mol. The summed E-state index contributed by atoms with van der Waals surface area (Å²) in [6.45, 7) is 0. The average Bonchev–Trinajstić information content (AvgIpc) is 2.85. The molecule has 0 N–H and O–H groups in total. The smallest absolute Gasteiger partial charge is 0.268 e. The Labute approximate surface area is 151 Å². The number of hydrogen-bond acceptors (Lipinski definition) is 8. The average molecular weight is 405 g/mol. The van der Waals surface area contributed by atoms with Crippen LogP contribution in [0.25, 0.3) is 0 Å². The first-order valence-corrected chi connectivity index (χ1v) is 11.2. The quantitative estimate of drug-likeness (QED) is 0.497. The Kier molecular flexibility index (Phi) is 5.40. The molecule has 26 heavy (non-hydrogen) atoms. The van der Waals surface area contributed by atoms with Gasteiger partial charge in [-0.1, -0.05) is 0 Å². The number of hydrogen-bond donors (Lipinski definition) is 0. The molecule has 1 aliphatic rings. The zero-order chi connectivity index (χ0) is 19.9. The van der Waals surface area contributed by atoms with Crippen molar-refractivity contribution < 1.29 is 26.6 Å². The number of nitrogens with zero attached hydrogens (tertiary/aromatic N) is 3. The lowest BCUT2D eigenvalue weighted by molar-refractivity contribution is -0.387. The molecule has 0 saturated carbocycles. The zero-order valence-corrected chi connectivity index (χ0v) is 16.1. The van der Waals surface area contributed by atoms with Gasteiger partial charge < -0.3 is 0 Å². The highest BCUT2D eigenvalue weighted by Crippen LogP contribution is 2.27. The van der Waals surface area contributed by atoms with Crippen LogP contribution in [0, 0.1) is 10.1 Å². The summed E-state index contributed by atoms with van der Waals surface area (Å²) in [4.78, 5) is 22.7. The van der Waals surface area contributed by atoms with Crippen LogP contribution in [0.4, 0.5) is 5.69 Å². The molecule has 2 rings (SSSR count). The summed E-state index contributed by atoms with van der Waals surface area (Å²) in [6.07, 6.45) is 1.10. The Balaban J connectivity index is 2.47. The van der Waals surface area contributed by atoms with Gasteiger partial charge in [0.1, 0.15) is 4.90 Å². The number of amides is 1. The van der Waals surface area contributed by atoms with Crippen molar-refractivity contribution in [2.45, 2.75) is 17.4 Å². The minimum Gasteiger partial charge on any atom is -0.268 e. The molecule has 1 atom stereocenters. The van der Waals surface area contributed by atoms with Gasteiger partial charge in [-0.2, -0.15) is 0 Å². The van der Waals surface area contributed by atoms with Crippen molar-refractivity contribution >= 4 is 31.3 Å². The summed E-state index contributed by atoms with van der Waals surface area (Å²) in [5.74, 6) is -0.872. The molecule has 1 aliphatic heterocycles. The summed E-state index contributed by atoms with van der Waals surface area (Å²) in [5.41, 5.74) is -0.793. The van der Waals surface area contributed by atoms with E-state index in [-0.39, 0.29) is 23.5 Å². The van der Waals surface area contributed by atoms with Crippen LogP contribution in [-0.2, 0) is 19.7 Å². The predicted octanol–water partition coefficient (Wildman–Crippen LogP) is 0.104. The van der Waals surface area contributed by atoms with Gasteiger partial charge in [0.05, 0.1) is 22.5 Å². The van der Waals surface area contributed by atoms with E-state index in [9.17, 15) is 31.7 Å². The minimum absolute atomic E-state index is 0.0392. The fourth-order valence-electron chi connectivity index (χ4n) is 2.88. The first kappa shape index (κ1) is 20.3. The van der Waals surface area contributed by atoms with Crippen LogP contribution in [0.15, 0.2) is 23.1 Å². The molecule has 0 aromatic heterocycles. The number of rotatable bonds is 5. The number of carbonyl (C=O) groups is 1. The third-order valence-corrected chi connectivity index (χ3v) is 6.89. The van der Waals surface area contributed by atoms with Gasteiger partial charge in [0.15, 0.2) is 19.7 Å². The van der Waals surface area contributed by atoms with Crippen LogP contribution < -0.4 is 0 Å². The van der Waals surface area contributed by atoms with Crippen LogP contribution in [0.2, 0.25) is 0 Å². The standard InChI is InChI=1S/C14H19N3O7S2/c1-15(2)16(11-6-7-26(23,24)9-11)14(18)10-4-5-13(25(3,21)22)12(8-10)17(19)20/h4-5,8,11H,6-7,9H2,1-3H3/t11-/m1/s1. The Bertz CT molecular complexity index is 955. The van der Waals surface area contributed by atoms with E-state index in [2.05, 4.69) is 0 Å². The molecule has 0 unspecified atom stereocenters. The summed E-state index contributed by atoms with van der Waals surface area (Å²) in [7, 11) is -3.98. The van der Waals surface area contributed by atoms with Gasteiger partial charge in [-0.15, -0.1) is 0 Å². The highest BCUT2D eigenvalue weighted by molar-refractivity contribution is 7.91. The maximum absolute atomic E-state index is 12.8. The van der Waals surface area contributed by atoms with Gasteiger partial charge in [-0.3, -0.25) is 19.9 Å². The first-order valence-electron chi connectivity index (χ1n) is 7.53. The largest absolute Gasteiger partial charge is 0.288 e. The Morgan fingerprint density at radius 1 is 1.31 bits per heavy atom. The van der Waals surface area contributed by atoms with E-state index in [1.165, 1.54) is 16.1 Å². The van der Waals surface area contributed by atoms with Crippen LogP contribution in [0.3, 0.4) is 0 Å². The van der Waals surface area contributed by atoms with E-state index in [4.69, 9.17) is 0 Å². The summed E-state index contributed by atoms with van der Waals surface area (Å²) >= 11 is 0. The fraction of sp³-hybridized carbons (Fsp3) is 0.500. The molecule has 1 fully saturated rings. The second kappa shape index (κ2) is 6.93. The Morgan fingerprint density at radius 3 is 2.35 bits per heavy atom. The minimum atomic E-state index is -3.84. The second-order valence-electron chi connectivity index (χ2n) is 6.27. The third kappa shape index (κ3) is 4.19. The Morgan fingerprint density at radius 2 is 1.92 bits per heavy atom. The van der Waals surface area contributed by atoms with Crippen LogP contribution in [0.1, 0.15) is 16.8 Å². The maximum Gasteiger partial charge on any atom is 0.288 e. The topological polar surface area (TPSA) is 135 Å². The van der Waals surface area contributed by atoms with Crippen LogP contribution in [-0.4, -0.2) is 75.6 Å². The lowest BCUT2D eigenvalue weighted by Gasteiger charge is -2.33. The highest BCUT2D eigenvalue weighted by Gasteiger charge is 2.37. The molecule has 1 amide bonds. The molecule has 144 valence electrons. The van der Waals surface area contributed by atoms with E-state index in [1.807, 2.05) is 0 Å². The van der Waals surface area contributed by atoms with Gasteiger partial charge in [0.25, 0.3) is 11.6 Å². The normalized spacial score (nSPS) is 19.5. The number of sulfone groups is 2. The van der Waals surface area contributed by atoms with Gasteiger partial charge in [-0.05, 0) is 18.6 Å². The molecule has 10 nitrogen and oxygen atoms in total. The fourth-order valence-corrected chi connectivity index (χ4v) is 5.40. The summed E-state index contributed by atoms with van der Waals surface area (Å²) in [5, 5.41) is 13.9. The molecule has 1 heterocycles. The van der Waals surface area contributed by atoms with Crippen molar-refractivity contribution in [3.8, 4) is 0 Å². The molecule has 0 aliphatic carbocycles. The van der Waals surface area contributed by atoms with Crippen LogP contribution >= 0.6 is 0 Å². The zero-order valence-electron chi connectivity index (χ0n) is 14.4. The van der Waals surface area contributed by atoms with E-state index in [0.717, 1.165) is 18.4 Å². The molecule has 1 aromatic rings. The number of nitro benzene ring substituents is 1.